The van der Waals surface area contributed by atoms with Crippen molar-refractivity contribution in [1.82, 2.24) is 29.8 Å². The van der Waals surface area contributed by atoms with Gasteiger partial charge in [0, 0.05) is 30.3 Å². The lowest BCUT2D eigenvalue weighted by molar-refractivity contribution is 0.0687. The number of halogens is 2. The molecule has 0 bridgehead atoms. The van der Waals surface area contributed by atoms with Crippen LogP contribution in [0.15, 0.2) is 67.6 Å². The maximum absolute atomic E-state index is 13.5. The van der Waals surface area contributed by atoms with Crippen molar-refractivity contribution < 1.29 is 28.7 Å². The number of imidazole rings is 1. The number of aryl methyl sites for hydroxylation is 1. The maximum atomic E-state index is 13.5. The number of nitrogens with two attached hydrogens (primary N) is 2. The Hall–Kier alpha value is -6.40. The molecule has 0 fully saturated rings. The molecule has 19 heteroatoms. The molecule has 0 spiro atoms. The molecule has 1 atom stereocenters. The van der Waals surface area contributed by atoms with Crippen molar-refractivity contribution in [2.24, 2.45) is 5.73 Å². The average molecular weight is 708 g/mol. The first-order valence-electron chi connectivity index (χ1n) is 14.6. The van der Waals surface area contributed by atoms with Gasteiger partial charge < -0.3 is 32.3 Å². The van der Waals surface area contributed by atoms with E-state index >= 15 is 0 Å². The molecular weight excluding hydrogens is 681 g/mol. The predicted molar refractivity (Wildman–Crippen MR) is 177 cm³/mol. The fourth-order valence-corrected chi connectivity index (χ4v) is 5.41. The van der Waals surface area contributed by atoms with Gasteiger partial charge >= 0.3 is 11.7 Å². The Balaban J connectivity index is 0.000000219. The monoisotopic (exact) mass is 707 g/mol. The van der Waals surface area contributed by atoms with Crippen molar-refractivity contribution in [3.05, 3.63) is 119 Å². The van der Waals surface area contributed by atoms with Crippen LogP contribution >= 0.6 is 12.4 Å². The number of carbonyl (C=O) groups is 2. The lowest BCUT2D eigenvalue weighted by Crippen LogP contribution is -2.37. The molecule has 1 amide bonds. The number of nitrogens with zero attached hydrogens (tertiary/aromatic N) is 4. The lowest BCUT2D eigenvalue weighted by atomic mass is 10.0. The van der Waals surface area contributed by atoms with Gasteiger partial charge in [-0.15, -0.1) is 12.4 Å². The predicted octanol–water partition coefficient (Wildman–Crippen LogP) is 1.39. The number of amides is 1. The van der Waals surface area contributed by atoms with Crippen molar-refractivity contribution in [2.75, 3.05) is 11.1 Å². The Morgan fingerprint density at radius 3 is 2.58 bits per heavy atom. The first-order valence-corrected chi connectivity index (χ1v) is 14.6. The Labute approximate surface area is 284 Å². The van der Waals surface area contributed by atoms with Gasteiger partial charge in [0.2, 0.25) is 11.7 Å². The molecule has 1 aliphatic carbocycles. The molecule has 3 aromatic carbocycles. The summed E-state index contributed by atoms with van der Waals surface area (Å²) in [6.45, 7) is 0.379. The maximum Gasteiger partial charge on any atom is 0.439 e. The molecular formula is C31H27ClFN9O8. The van der Waals surface area contributed by atoms with Gasteiger partial charge in [0.05, 0.1) is 12.2 Å². The Bertz CT molecular complexity index is 2400. The van der Waals surface area contributed by atoms with Crippen LogP contribution in [-0.4, -0.2) is 46.6 Å². The van der Waals surface area contributed by atoms with E-state index in [9.17, 15) is 38.6 Å². The number of aromatic nitrogens is 5. The van der Waals surface area contributed by atoms with Crippen molar-refractivity contribution in [1.29, 1.82) is 0 Å². The molecule has 9 N–H and O–H groups in total. The summed E-state index contributed by atoms with van der Waals surface area (Å²) in [5.74, 6) is -3.10. The second-order valence-corrected chi connectivity index (χ2v) is 10.9. The van der Waals surface area contributed by atoms with Crippen LogP contribution in [0.2, 0.25) is 0 Å². The van der Waals surface area contributed by atoms with Crippen molar-refractivity contribution >= 4 is 41.4 Å². The quantitative estimate of drug-likeness (QED) is 0.110. The molecule has 3 aromatic heterocycles. The zero-order valence-electron chi connectivity index (χ0n) is 25.6. The van der Waals surface area contributed by atoms with Crippen molar-refractivity contribution in [2.45, 2.75) is 32.0 Å². The molecule has 0 unspecified atom stereocenters. The summed E-state index contributed by atoms with van der Waals surface area (Å²) in [4.78, 5) is 67.9. The second-order valence-electron chi connectivity index (χ2n) is 10.9. The third-order valence-corrected chi connectivity index (χ3v) is 7.90. The number of aromatic carboxylic acids is 1. The van der Waals surface area contributed by atoms with E-state index in [1.165, 1.54) is 6.07 Å². The average Bonchev–Trinajstić information content (AvgIpc) is 3.83. The number of aromatic amines is 1. The van der Waals surface area contributed by atoms with Crippen LogP contribution in [0.3, 0.4) is 0 Å². The number of carbonyl (C=O) groups excluding carboxylic acids is 1. The number of aromatic hydroxyl groups is 1. The number of H-pyrrole nitrogens is 1. The molecule has 17 nitrogen and oxygen atoms in total. The normalized spacial score (nSPS) is 13.3. The number of anilines is 2. The fraction of sp³-hybridized carbons (Fsp3) is 0.161. The molecule has 258 valence electrons. The summed E-state index contributed by atoms with van der Waals surface area (Å²) in [6, 6.07) is 10.8. The van der Waals surface area contributed by atoms with Gasteiger partial charge in [-0.2, -0.15) is 0 Å². The number of rotatable bonds is 8. The van der Waals surface area contributed by atoms with E-state index in [0.717, 1.165) is 33.4 Å². The number of nitrogens with one attached hydrogen (secondary N) is 3. The zero-order chi connectivity index (χ0) is 35.0. The summed E-state index contributed by atoms with van der Waals surface area (Å²) in [6.07, 6.45) is 2.39. The Kier molecular flexibility index (Phi) is 9.77. The number of hydrogen-bond acceptors (Lipinski definition) is 13. The summed E-state index contributed by atoms with van der Waals surface area (Å²) >= 11 is 0. The minimum atomic E-state index is -1.33. The van der Waals surface area contributed by atoms with Crippen LogP contribution in [0.5, 0.6) is 5.88 Å². The van der Waals surface area contributed by atoms with Crippen LogP contribution in [0, 0.1) is 5.82 Å². The highest BCUT2D eigenvalue weighted by Gasteiger charge is 2.27. The van der Waals surface area contributed by atoms with E-state index < -0.39 is 34.3 Å². The highest BCUT2D eigenvalue weighted by atomic mass is 35.5. The van der Waals surface area contributed by atoms with Gasteiger partial charge in [0.15, 0.2) is 5.82 Å². The minimum absolute atomic E-state index is 0. The minimum Gasteiger partial charge on any atom is -0.493 e. The molecule has 50 heavy (non-hydrogen) atoms. The fourth-order valence-electron chi connectivity index (χ4n) is 5.41. The number of carboxylic acid groups (broad SMARTS) is 1. The Morgan fingerprint density at radius 2 is 1.90 bits per heavy atom. The summed E-state index contributed by atoms with van der Waals surface area (Å²) < 4.78 is 18.9. The molecule has 6 aromatic rings. The van der Waals surface area contributed by atoms with Gasteiger partial charge in [-0.1, -0.05) is 23.4 Å². The number of carboxylic acids is 1. The molecule has 3 heterocycles. The smallest absolute Gasteiger partial charge is 0.439 e. The summed E-state index contributed by atoms with van der Waals surface area (Å²) in [5, 5.41) is 28.4. The number of hydrogen-bond donors (Lipinski definition) is 7. The standard InChI is InChI=1S/C19H14N6O6.C12H12FN3O2.ClH/c26-14-7-20-18-22-12(6-13(17(28)29)25(14)18)16(27)21-11-4-2-8-5-9(1-3-10(8)11)15-23-19(30)31-24-15;13-8-2-1-6(4-14)3-7(8)5-16-10-9(15)11(17)12(10)18;/h1,3,5-7,11,26H,2,4H2,(H,21,27)(H,28,29)(H,23,24,30);1-3,16H,4-5,14-15H2;1H/t11-;;/m0../s1. The van der Waals surface area contributed by atoms with Crippen LogP contribution in [0.1, 0.15) is 55.7 Å². The molecule has 0 radical (unpaired) electrons. The van der Waals surface area contributed by atoms with Gasteiger partial charge in [0.1, 0.15) is 28.6 Å². The summed E-state index contributed by atoms with van der Waals surface area (Å²) in [7, 11) is 0. The third-order valence-electron chi connectivity index (χ3n) is 7.90. The third kappa shape index (κ3) is 6.64. The van der Waals surface area contributed by atoms with Crippen LogP contribution in [0.25, 0.3) is 17.2 Å². The van der Waals surface area contributed by atoms with E-state index in [1.807, 2.05) is 12.1 Å². The SMILES string of the molecule is Cl.NCc1ccc(F)c(CNc2c(N)c(=O)c2=O)c1.O=C(N[C@H]1CCc2cc(-c3noc(=O)[nH]3)ccc21)c1cc(C(=O)O)n2c(O)cnc2n1. The van der Waals surface area contributed by atoms with Gasteiger partial charge in [0.25, 0.3) is 16.8 Å². The highest BCUT2D eigenvalue weighted by molar-refractivity contribution is 5.96. The largest absolute Gasteiger partial charge is 0.493 e. The van der Waals surface area contributed by atoms with E-state index in [1.54, 1.807) is 18.2 Å². The van der Waals surface area contributed by atoms with Crippen molar-refractivity contribution in [3.63, 3.8) is 0 Å². The number of benzene rings is 2. The summed E-state index contributed by atoms with van der Waals surface area (Å²) in [5.41, 5.74) is 12.7. The van der Waals surface area contributed by atoms with Gasteiger partial charge in [-0.3, -0.25) is 23.9 Å². The zero-order valence-corrected chi connectivity index (χ0v) is 26.4. The van der Waals surface area contributed by atoms with Crippen LogP contribution in [0.4, 0.5) is 15.8 Å². The van der Waals surface area contributed by atoms with E-state index in [0.29, 0.717) is 36.3 Å². The van der Waals surface area contributed by atoms with Gasteiger partial charge in [-0.25, -0.2) is 28.3 Å². The molecule has 0 aliphatic heterocycles. The van der Waals surface area contributed by atoms with E-state index in [2.05, 4.69) is 35.3 Å². The number of fused-ring (bicyclic) bond motifs is 2. The van der Waals surface area contributed by atoms with Crippen LogP contribution in [-0.2, 0) is 19.5 Å². The topological polar surface area (TPSA) is 274 Å². The molecule has 0 saturated carbocycles. The molecule has 1 aliphatic rings. The highest BCUT2D eigenvalue weighted by Crippen LogP contribution is 2.33. The number of nitrogen functional groups attached to an aromatic ring is 1. The lowest BCUT2D eigenvalue weighted by Gasteiger charge is -2.14. The second kappa shape index (κ2) is 14.0. The molecule has 0 saturated heterocycles. The van der Waals surface area contributed by atoms with Gasteiger partial charge in [-0.05, 0) is 47.7 Å². The van der Waals surface area contributed by atoms with Crippen LogP contribution < -0.4 is 38.7 Å². The molecule has 7 rings (SSSR count). The van der Waals surface area contributed by atoms with E-state index in [4.69, 9.17) is 11.5 Å². The first-order chi connectivity index (χ1) is 23.4. The Morgan fingerprint density at radius 1 is 1.12 bits per heavy atom. The van der Waals surface area contributed by atoms with Crippen molar-refractivity contribution in [3.8, 4) is 17.3 Å². The first kappa shape index (κ1) is 34.9. The van der Waals surface area contributed by atoms with E-state index in [-0.39, 0.29) is 59.4 Å².